The van der Waals surface area contributed by atoms with Crippen LogP contribution in [0.1, 0.15) is 129 Å². The van der Waals surface area contributed by atoms with E-state index in [-0.39, 0.29) is 84.6 Å². The molecule has 6 N–H and O–H groups in total. The zero-order chi connectivity index (χ0) is 78.5. The molecule has 7 atom stereocenters. The largest absolute Gasteiger partial charge is 0.380 e. The summed E-state index contributed by atoms with van der Waals surface area (Å²) in [7, 11) is 0. The van der Waals surface area contributed by atoms with E-state index in [1.54, 1.807) is 36.9 Å². The van der Waals surface area contributed by atoms with Crippen LogP contribution in [0.5, 0.6) is 0 Å². The Morgan fingerprint density at radius 1 is 0.409 bits per heavy atom. The lowest BCUT2D eigenvalue weighted by molar-refractivity contribution is -0.0378. The molecule has 594 valence electrons. The summed E-state index contributed by atoms with van der Waals surface area (Å²) in [5, 5.41) is 11.5. The summed E-state index contributed by atoms with van der Waals surface area (Å²) in [4.78, 5) is 20.2. The molecular formula is C81H91F17N12. The van der Waals surface area contributed by atoms with Crippen LogP contribution >= 0.6 is 0 Å². The monoisotopic (exact) mass is 1550 g/mol. The molecule has 0 spiro atoms. The third kappa shape index (κ3) is 17.4. The summed E-state index contributed by atoms with van der Waals surface area (Å²) in [6.45, 7) is 11.7. The summed E-state index contributed by atoms with van der Waals surface area (Å²) in [5.41, 5.74) is 5.25. The fourth-order valence-electron chi connectivity index (χ4n) is 17.1. The molecule has 0 radical (unpaired) electrons. The fourth-order valence-corrected chi connectivity index (χ4v) is 17.1. The number of nitrogens with zero attached hydrogens (tertiary/aromatic N) is 6. The molecule has 0 bridgehead atoms. The molecule has 3 aromatic heterocycles. The third-order valence-corrected chi connectivity index (χ3v) is 22.0. The molecule has 6 aliphatic heterocycles. The predicted octanol–water partition coefficient (Wildman–Crippen LogP) is 17.8. The number of fused-ring (bicyclic) bond motifs is 9. The minimum absolute atomic E-state index is 0.00463. The van der Waals surface area contributed by atoms with Crippen molar-refractivity contribution in [3.63, 3.8) is 0 Å². The summed E-state index contributed by atoms with van der Waals surface area (Å²) in [5.74, 6) is -12.4. The molecule has 1 unspecified atom stereocenters. The molecule has 15 rings (SSSR count). The van der Waals surface area contributed by atoms with Crippen LogP contribution in [0.2, 0.25) is 0 Å². The summed E-state index contributed by atoms with van der Waals surface area (Å²) >= 11 is 0. The number of hydrogen-bond acceptors (Lipinski definition) is 9. The van der Waals surface area contributed by atoms with Gasteiger partial charge in [0, 0.05) is 181 Å². The summed E-state index contributed by atoms with van der Waals surface area (Å²) in [6.07, 6.45) is 1.41. The van der Waals surface area contributed by atoms with Crippen molar-refractivity contribution in [3.05, 3.63) is 194 Å². The van der Waals surface area contributed by atoms with Crippen molar-refractivity contribution in [2.24, 2.45) is 0 Å². The first-order valence-electron chi connectivity index (χ1n) is 37.5. The number of likely N-dealkylation sites (tertiary alicyclic amines) is 3. The smallest absolute Gasteiger partial charge is 0.257 e. The molecule has 6 aromatic carbocycles. The van der Waals surface area contributed by atoms with E-state index in [1.165, 1.54) is 89.5 Å². The molecular weight excluding hydrogens is 1460 g/mol. The van der Waals surface area contributed by atoms with Crippen LogP contribution in [0.3, 0.4) is 0 Å². The van der Waals surface area contributed by atoms with Gasteiger partial charge >= 0.3 is 0 Å². The number of rotatable bonds is 24. The van der Waals surface area contributed by atoms with Crippen LogP contribution in [-0.4, -0.2) is 197 Å². The van der Waals surface area contributed by atoms with Gasteiger partial charge in [0.15, 0.2) is 0 Å². The molecule has 3 saturated heterocycles. The average Bonchev–Trinajstić information content (AvgIpc) is 1.55. The van der Waals surface area contributed by atoms with Crippen molar-refractivity contribution in [2.75, 3.05) is 115 Å². The molecule has 110 heavy (non-hydrogen) atoms. The maximum Gasteiger partial charge on any atom is 0.257 e. The Morgan fingerprint density at radius 3 is 1.04 bits per heavy atom. The molecule has 6 aliphatic rings. The van der Waals surface area contributed by atoms with Crippen molar-refractivity contribution in [2.45, 2.75) is 152 Å². The van der Waals surface area contributed by atoms with Crippen LogP contribution in [0.15, 0.2) is 91.0 Å². The van der Waals surface area contributed by atoms with Gasteiger partial charge in [-0.3, -0.25) is 42.6 Å². The number of aromatic nitrogens is 3. The second-order valence-corrected chi connectivity index (χ2v) is 30.9. The van der Waals surface area contributed by atoms with E-state index in [2.05, 4.69) is 35.8 Å². The Kier molecular flexibility index (Phi) is 23.9. The number of halogens is 17. The van der Waals surface area contributed by atoms with Crippen LogP contribution in [0, 0.1) is 52.4 Å². The quantitative estimate of drug-likeness (QED) is 0.0330. The Hall–Kier alpha value is -8.09. The van der Waals surface area contributed by atoms with E-state index in [1.807, 2.05) is 16.7 Å². The Bertz CT molecular complexity index is 4460. The molecule has 29 heteroatoms. The van der Waals surface area contributed by atoms with Crippen molar-refractivity contribution < 1.29 is 74.6 Å². The molecule has 12 nitrogen and oxygen atoms in total. The van der Waals surface area contributed by atoms with Gasteiger partial charge in [-0.2, -0.15) is 0 Å². The fraction of sp³-hybridized carbons (Fsp3) is 0.481. The van der Waals surface area contributed by atoms with Gasteiger partial charge in [0.05, 0.1) is 69.4 Å². The van der Waals surface area contributed by atoms with Gasteiger partial charge in [0.25, 0.3) is 11.8 Å². The molecule has 9 heterocycles. The van der Waals surface area contributed by atoms with Gasteiger partial charge in [-0.15, -0.1) is 0 Å². The maximum atomic E-state index is 15.6. The molecule has 3 fully saturated rings. The number of H-pyrrole nitrogens is 3. The lowest BCUT2D eigenvalue weighted by atomic mass is 9.87. The predicted molar refractivity (Wildman–Crippen MR) is 394 cm³/mol. The Balaban J connectivity index is 0.000000145. The van der Waals surface area contributed by atoms with E-state index in [0.717, 1.165) is 30.5 Å². The third-order valence-electron chi connectivity index (χ3n) is 22.0. The van der Waals surface area contributed by atoms with Crippen LogP contribution < -0.4 is 16.0 Å². The maximum absolute atomic E-state index is 15.6. The van der Waals surface area contributed by atoms with Crippen molar-refractivity contribution in [1.82, 2.24) is 44.4 Å². The van der Waals surface area contributed by atoms with Crippen molar-refractivity contribution in [3.8, 4) is 0 Å². The minimum Gasteiger partial charge on any atom is -0.380 e. The van der Waals surface area contributed by atoms with Gasteiger partial charge < -0.3 is 30.9 Å². The first-order chi connectivity index (χ1) is 52.3. The average molecular weight is 1560 g/mol. The van der Waals surface area contributed by atoms with E-state index < -0.39 is 108 Å². The van der Waals surface area contributed by atoms with Crippen molar-refractivity contribution in [1.29, 1.82) is 0 Å². The molecule has 0 amide bonds. The standard InChI is InChI=1S/2C27H30F6N4.C27H31F5N4/c2*1-15-8-20-19-5-4-16(29)9-23(19)35-25(20)26(37(15)14-27(2,32)33)24-21(30)10-17(11-22(24)31)34-18-12-36(13-18)7-3-6-28;1-15(29)12-36-16(2)8-21-20-9-17(30)4-5-24(20)34-26(21)27(36)25-22(31)10-18(11-23(25)32)33-19-13-35(14-19)7-3-6-28/h2*4-5,9-11,15,18,26,34-35H,3,6-8,12-14H2,1-2H3;4-5,9-11,15-16,19,27,33-34H,3,6-8,12-14H2,1-2H3/t2*15-,26-;15?,16-,27-/m100/s1. The highest BCUT2D eigenvalue weighted by molar-refractivity contribution is 5.87. The van der Waals surface area contributed by atoms with E-state index in [4.69, 9.17) is 0 Å². The first kappa shape index (κ1) is 80.0. The number of anilines is 3. The van der Waals surface area contributed by atoms with Crippen LogP contribution in [-0.2, 0) is 19.3 Å². The summed E-state index contributed by atoms with van der Waals surface area (Å²) < 4.78 is 244. The highest BCUT2D eigenvalue weighted by Crippen LogP contribution is 2.48. The normalized spacial score (nSPS) is 21.5. The van der Waals surface area contributed by atoms with Gasteiger partial charge in [0.1, 0.15) is 58.5 Å². The number of alkyl halides is 8. The SMILES string of the molecule is CC(F)CN1[C@@H](c2c(F)cc(NC3CN(CCCF)C3)cc2F)c2[nH]c3ccc(F)cc3c2C[C@@H]1C.C[C@@H]1Cc2c([nH]c3cc(F)ccc23)[C@@H](c2c(F)cc(NC3CN(CCCF)C3)cc2F)N1CC(C)(F)F.C[C@H]1Cc2c([nH]c3cc(F)ccc23)[C@H](c2c(F)cc(NC3CN(CCCF)C3)cc2F)N1CC(C)(F)F. The minimum atomic E-state index is -3.10. The number of benzene rings is 6. The van der Waals surface area contributed by atoms with Crippen LogP contribution in [0.4, 0.5) is 91.7 Å². The number of hydrogen-bond donors (Lipinski definition) is 6. The van der Waals surface area contributed by atoms with Gasteiger partial charge in [0.2, 0.25) is 0 Å². The van der Waals surface area contributed by atoms with Crippen LogP contribution in [0.25, 0.3) is 32.7 Å². The highest BCUT2D eigenvalue weighted by Gasteiger charge is 2.46. The zero-order valence-electron chi connectivity index (χ0n) is 61.9. The van der Waals surface area contributed by atoms with Crippen molar-refractivity contribution >= 4 is 49.8 Å². The van der Waals surface area contributed by atoms with E-state index in [9.17, 15) is 48.3 Å². The molecule has 0 saturated carbocycles. The van der Waals surface area contributed by atoms with E-state index in [0.29, 0.717) is 153 Å². The first-order valence-corrected chi connectivity index (χ1v) is 37.5. The Labute approximate surface area is 627 Å². The second-order valence-electron chi connectivity index (χ2n) is 30.9. The summed E-state index contributed by atoms with van der Waals surface area (Å²) in [6, 6.07) is 15.8. The van der Waals surface area contributed by atoms with Gasteiger partial charge in [-0.25, -0.2) is 61.5 Å². The molecule has 9 aromatic rings. The topological polar surface area (TPSA) is 103 Å². The second kappa shape index (κ2) is 32.9. The Morgan fingerprint density at radius 2 is 0.709 bits per heavy atom. The molecule has 0 aliphatic carbocycles. The highest BCUT2D eigenvalue weighted by atomic mass is 19.3. The van der Waals surface area contributed by atoms with Gasteiger partial charge in [-0.05, 0) is 174 Å². The lowest BCUT2D eigenvalue weighted by Gasteiger charge is -2.42. The van der Waals surface area contributed by atoms with E-state index >= 15 is 26.3 Å². The lowest BCUT2D eigenvalue weighted by Crippen LogP contribution is -2.54. The zero-order valence-corrected chi connectivity index (χ0v) is 61.9. The van der Waals surface area contributed by atoms with Gasteiger partial charge in [-0.1, -0.05) is 0 Å². The number of aromatic amines is 3. The number of nitrogens with one attached hydrogen (secondary N) is 6.